The number of nitrogens with zero attached hydrogens (tertiary/aromatic N) is 2. The Morgan fingerprint density at radius 1 is 1.29 bits per heavy atom. The molecule has 1 atom stereocenters. The maximum absolute atomic E-state index is 12.5. The first-order valence-corrected chi connectivity index (χ1v) is 10.5. The predicted molar refractivity (Wildman–Crippen MR) is 106 cm³/mol. The van der Waals surface area contributed by atoms with E-state index in [2.05, 4.69) is 5.32 Å². The fourth-order valence-corrected chi connectivity index (χ4v) is 4.44. The number of nitrogens with one attached hydrogen (secondary N) is 1. The molecule has 1 aromatic rings. The predicted octanol–water partition coefficient (Wildman–Crippen LogP) is 1.36. The molecule has 0 radical (unpaired) electrons. The number of esters is 1. The molecule has 1 aromatic heterocycles. The van der Waals surface area contributed by atoms with Gasteiger partial charge in [-0.3, -0.25) is 14.5 Å². The quantitative estimate of drug-likeness (QED) is 0.714. The van der Waals surface area contributed by atoms with E-state index in [1.165, 1.54) is 18.4 Å². The monoisotopic (exact) mass is 409 g/mol. The van der Waals surface area contributed by atoms with Crippen molar-refractivity contribution in [3.05, 3.63) is 16.5 Å². The number of hydrogen-bond donors (Lipinski definition) is 1. The fourth-order valence-electron chi connectivity index (χ4n) is 3.44. The Morgan fingerprint density at radius 2 is 2.04 bits per heavy atom. The van der Waals surface area contributed by atoms with Gasteiger partial charge in [-0.25, -0.2) is 4.79 Å². The molecule has 0 bridgehead atoms. The van der Waals surface area contributed by atoms with E-state index in [9.17, 15) is 14.4 Å². The van der Waals surface area contributed by atoms with Crippen LogP contribution in [0.2, 0.25) is 0 Å². The second-order valence-corrected chi connectivity index (χ2v) is 8.09. The summed E-state index contributed by atoms with van der Waals surface area (Å²) in [6, 6.07) is 1.77. The molecule has 2 amide bonds. The van der Waals surface area contributed by atoms with E-state index in [1.54, 1.807) is 6.07 Å². The van der Waals surface area contributed by atoms with E-state index in [1.807, 2.05) is 16.7 Å². The summed E-state index contributed by atoms with van der Waals surface area (Å²) in [5.41, 5.74) is 0.393. The highest BCUT2D eigenvalue weighted by Gasteiger charge is 2.30. The Labute approximate surface area is 168 Å². The summed E-state index contributed by atoms with van der Waals surface area (Å²) in [7, 11) is 1.33. The zero-order chi connectivity index (χ0) is 20.1. The number of rotatable bonds is 6. The maximum Gasteiger partial charge on any atom is 0.340 e. The average molecular weight is 410 g/mol. The fraction of sp³-hybridized carbons (Fsp3) is 0.632. The van der Waals surface area contributed by atoms with E-state index in [-0.39, 0.29) is 24.5 Å². The van der Waals surface area contributed by atoms with Gasteiger partial charge in [-0.15, -0.1) is 11.3 Å². The molecular formula is C19H27N3O5S. The Hall–Kier alpha value is -1.97. The number of ether oxygens (including phenoxy) is 2. The van der Waals surface area contributed by atoms with Gasteiger partial charge in [-0.1, -0.05) is 6.92 Å². The second kappa shape index (κ2) is 9.49. The lowest BCUT2D eigenvalue weighted by molar-refractivity contribution is -0.142. The van der Waals surface area contributed by atoms with E-state index in [4.69, 9.17) is 9.47 Å². The Bertz CT molecular complexity index is 721. The van der Waals surface area contributed by atoms with Gasteiger partial charge in [0, 0.05) is 37.7 Å². The van der Waals surface area contributed by atoms with Gasteiger partial charge in [0.2, 0.25) is 5.91 Å². The molecule has 0 aromatic carbocycles. The number of aryl methyl sites for hydroxylation is 1. The molecule has 28 heavy (non-hydrogen) atoms. The Kier molecular flexibility index (Phi) is 7.03. The van der Waals surface area contributed by atoms with Gasteiger partial charge in [0.05, 0.1) is 19.2 Å². The Morgan fingerprint density at radius 3 is 2.64 bits per heavy atom. The maximum atomic E-state index is 12.5. The molecule has 3 heterocycles. The topological polar surface area (TPSA) is 88.2 Å². The summed E-state index contributed by atoms with van der Waals surface area (Å²) in [5.74, 6) is -0.559. The lowest BCUT2D eigenvalue weighted by Crippen LogP contribution is -2.52. The third-order valence-electron chi connectivity index (χ3n) is 5.05. The molecule has 2 fully saturated rings. The first kappa shape index (κ1) is 20.8. The van der Waals surface area contributed by atoms with Crippen molar-refractivity contribution in [2.45, 2.75) is 32.3 Å². The minimum Gasteiger partial charge on any atom is -0.465 e. The lowest BCUT2D eigenvalue weighted by atomic mass is 10.2. The molecule has 8 nitrogen and oxygen atoms in total. The molecule has 2 saturated heterocycles. The van der Waals surface area contributed by atoms with E-state index in [0.29, 0.717) is 43.4 Å². The van der Waals surface area contributed by atoms with Crippen molar-refractivity contribution in [1.29, 1.82) is 0 Å². The van der Waals surface area contributed by atoms with Crippen molar-refractivity contribution in [2.24, 2.45) is 0 Å². The van der Waals surface area contributed by atoms with Crippen molar-refractivity contribution in [2.75, 3.05) is 51.8 Å². The number of methoxy groups -OCH3 is 1. The van der Waals surface area contributed by atoms with Crippen LogP contribution in [0.5, 0.6) is 0 Å². The third kappa shape index (κ3) is 4.89. The minimum atomic E-state index is -0.451. The summed E-state index contributed by atoms with van der Waals surface area (Å²) in [4.78, 5) is 41.6. The minimum absolute atomic E-state index is 0.0648. The highest BCUT2D eigenvalue weighted by Crippen LogP contribution is 2.29. The average Bonchev–Trinajstić information content (AvgIpc) is 3.37. The van der Waals surface area contributed by atoms with Crippen molar-refractivity contribution in [3.8, 4) is 0 Å². The van der Waals surface area contributed by atoms with Gasteiger partial charge < -0.3 is 19.7 Å². The van der Waals surface area contributed by atoms with E-state index >= 15 is 0 Å². The molecule has 0 spiro atoms. The van der Waals surface area contributed by atoms with Gasteiger partial charge >= 0.3 is 5.97 Å². The summed E-state index contributed by atoms with van der Waals surface area (Å²) in [6.07, 6.45) is 2.22. The standard InChI is InChI=1S/C19H27N3O5S/c1-3-13-11-14(19(25)26-2)17(28-13)20-16(23)12-21-6-8-22(9-7-21)18(24)15-5-4-10-27-15/h11,15H,3-10,12H2,1-2H3,(H,20,23)/t15-/m1/s1. The van der Waals surface area contributed by atoms with Gasteiger partial charge in [0.15, 0.2) is 0 Å². The molecule has 2 aliphatic heterocycles. The lowest BCUT2D eigenvalue weighted by Gasteiger charge is -2.35. The van der Waals surface area contributed by atoms with Crippen LogP contribution in [-0.2, 0) is 25.5 Å². The summed E-state index contributed by atoms with van der Waals surface area (Å²) in [6.45, 7) is 5.35. The third-order valence-corrected chi connectivity index (χ3v) is 6.24. The van der Waals surface area contributed by atoms with Crippen LogP contribution >= 0.6 is 11.3 Å². The number of carbonyl (C=O) groups excluding carboxylic acids is 3. The largest absolute Gasteiger partial charge is 0.465 e. The molecule has 9 heteroatoms. The van der Waals surface area contributed by atoms with Crippen LogP contribution < -0.4 is 5.32 Å². The molecule has 0 aliphatic carbocycles. The van der Waals surface area contributed by atoms with Crippen LogP contribution in [-0.4, -0.2) is 80.1 Å². The van der Waals surface area contributed by atoms with Crippen LogP contribution in [0.15, 0.2) is 6.07 Å². The molecule has 3 rings (SSSR count). The van der Waals surface area contributed by atoms with Gasteiger partial charge in [-0.2, -0.15) is 0 Å². The second-order valence-electron chi connectivity index (χ2n) is 6.95. The smallest absolute Gasteiger partial charge is 0.340 e. The van der Waals surface area contributed by atoms with Crippen molar-refractivity contribution in [1.82, 2.24) is 9.80 Å². The molecule has 0 unspecified atom stereocenters. The SMILES string of the molecule is CCc1cc(C(=O)OC)c(NC(=O)CN2CCN(C(=O)[C@H]3CCCO3)CC2)s1. The summed E-state index contributed by atoms with van der Waals surface area (Å²) < 4.78 is 10.3. The summed E-state index contributed by atoms with van der Waals surface area (Å²) in [5, 5.41) is 3.37. The number of piperazine rings is 1. The molecule has 1 N–H and O–H groups in total. The molecule has 154 valence electrons. The first-order valence-electron chi connectivity index (χ1n) is 9.65. The number of thiophene rings is 1. The zero-order valence-electron chi connectivity index (χ0n) is 16.4. The number of amides is 2. The molecule has 2 aliphatic rings. The van der Waals surface area contributed by atoms with Gasteiger partial charge in [0.1, 0.15) is 11.1 Å². The molecular weight excluding hydrogens is 382 g/mol. The van der Waals surface area contributed by atoms with Crippen LogP contribution in [0.3, 0.4) is 0 Å². The summed E-state index contributed by atoms with van der Waals surface area (Å²) >= 11 is 1.39. The number of carbonyl (C=O) groups is 3. The van der Waals surface area contributed by atoms with Gasteiger partial charge in [0.25, 0.3) is 5.91 Å². The first-order chi connectivity index (χ1) is 13.5. The van der Waals surface area contributed by atoms with E-state index < -0.39 is 5.97 Å². The van der Waals surface area contributed by atoms with Crippen LogP contribution in [0.1, 0.15) is 35.0 Å². The van der Waals surface area contributed by atoms with Crippen molar-refractivity contribution in [3.63, 3.8) is 0 Å². The van der Waals surface area contributed by atoms with Gasteiger partial charge in [-0.05, 0) is 25.3 Å². The van der Waals surface area contributed by atoms with Crippen LogP contribution in [0, 0.1) is 0 Å². The van der Waals surface area contributed by atoms with E-state index in [0.717, 1.165) is 24.1 Å². The zero-order valence-corrected chi connectivity index (χ0v) is 17.2. The highest BCUT2D eigenvalue weighted by molar-refractivity contribution is 7.16. The number of hydrogen-bond acceptors (Lipinski definition) is 7. The van der Waals surface area contributed by atoms with Crippen LogP contribution in [0.25, 0.3) is 0 Å². The van der Waals surface area contributed by atoms with Crippen molar-refractivity contribution >= 4 is 34.1 Å². The normalized spacial score (nSPS) is 20.2. The number of anilines is 1. The van der Waals surface area contributed by atoms with Crippen molar-refractivity contribution < 1.29 is 23.9 Å². The highest BCUT2D eigenvalue weighted by atomic mass is 32.1. The van der Waals surface area contributed by atoms with Crippen LogP contribution in [0.4, 0.5) is 5.00 Å². The Balaban J connectivity index is 1.50. The molecule has 0 saturated carbocycles.